The van der Waals surface area contributed by atoms with Crippen molar-refractivity contribution in [2.45, 2.75) is 31.9 Å². The van der Waals surface area contributed by atoms with Gasteiger partial charge in [-0.2, -0.15) is 4.98 Å². The van der Waals surface area contributed by atoms with Gasteiger partial charge >= 0.3 is 0 Å². The largest absolute Gasteiger partial charge is 0.370 e. The molecule has 2 aromatic heterocycles. The number of hydrogen-bond acceptors (Lipinski definition) is 6. The molecule has 0 aliphatic heterocycles. The van der Waals surface area contributed by atoms with E-state index < -0.39 is 5.60 Å². The minimum absolute atomic E-state index is 0.371. The number of rotatable bonds is 5. The summed E-state index contributed by atoms with van der Waals surface area (Å²) in [5, 5.41) is 5.94. The first kappa shape index (κ1) is 13.2. The summed E-state index contributed by atoms with van der Waals surface area (Å²) in [5.41, 5.74) is 5.54. The second kappa shape index (κ2) is 5.17. The van der Waals surface area contributed by atoms with Crippen molar-refractivity contribution in [3.63, 3.8) is 0 Å². The molecule has 0 amide bonds. The summed E-state index contributed by atoms with van der Waals surface area (Å²) in [7, 11) is 1.64. The lowest BCUT2D eigenvalue weighted by atomic mass is 10.0. The van der Waals surface area contributed by atoms with E-state index in [2.05, 4.69) is 10.1 Å². The fourth-order valence-electron chi connectivity index (χ4n) is 1.56. The normalized spacial score (nSPS) is 16.4. The summed E-state index contributed by atoms with van der Waals surface area (Å²) in [5.74, 6) is 0.957. The van der Waals surface area contributed by atoms with Gasteiger partial charge in [0.1, 0.15) is 11.6 Å². The summed E-state index contributed by atoms with van der Waals surface area (Å²) >= 11 is 1.57. The fraction of sp³-hybridized carbons (Fsp3) is 0.500. The lowest BCUT2D eigenvalue weighted by Crippen LogP contribution is -2.25. The monoisotopic (exact) mass is 267 g/mol. The van der Waals surface area contributed by atoms with Crippen LogP contribution in [0, 0.1) is 0 Å². The highest BCUT2D eigenvalue weighted by molar-refractivity contribution is 7.10. The van der Waals surface area contributed by atoms with Gasteiger partial charge in [0, 0.05) is 12.0 Å². The summed E-state index contributed by atoms with van der Waals surface area (Å²) in [6.07, 6.45) is 0.761. The third-order valence-corrected chi connectivity index (χ3v) is 4.11. The zero-order valence-electron chi connectivity index (χ0n) is 10.7. The van der Waals surface area contributed by atoms with E-state index >= 15 is 0 Å². The average molecular weight is 267 g/mol. The van der Waals surface area contributed by atoms with E-state index in [9.17, 15) is 0 Å². The standard InChI is InChI=1S/C12H17N3O2S/c1-4-12(2,16-3)11-14-10(17-15-11)9(13)8-6-5-7-18-8/h5-7,9H,4,13H2,1-3H3. The maximum Gasteiger partial charge on any atom is 0.249 e. The molecule has 2 aromatic rings. The Morgan fingerprint density at radius 1 is 1.61 bits per heavy atom. The molecule has 0 aromatic carbocycles. The molecule has 0 spiro atoms. The third-order valence-electron chi connectivity index (χ3n) is 3.16. The van der Waals surface area contributed by atoms with Crippen LogP contribution in [0.25, 0.3) is 0 Å². The topological polar surface area (TPSA) is 74.2 Å². The number of nitrogens with zero attached hydrogens (tertiary/aromatic N) is 2. The summed E-state index contributed by atoms with van der Waals surface area (Å²) in [4.78, 5) is 5.36. The zero-order chi connectivity index (χ0) is 13.2. The molecule has 6 heteroatoms. The molecule has 2 N–H and O–H groups in total. The molecule has 0 bridgehead atoms. The number of nitrogens with two attached hydrogens (primary N) is 1. The van der Waals surface area contributed by atoms with E-state index in [-0.39, 0.29) is 6.04 Å². The molecule has 0 saturated carbocycles. The smallest absolute Gasteiger partial charge is 0.249 e. The van der Waals surface area contributed by atoms with Gasteiger partial charge in [0.25, 0.3) is 0 Å². The number of thiophene rings is 1. The first-order chi connectivity index (χ1) is 8.60. The molecule has 2 atom stereocenters. The highest BCUT2D eigenvalue weighted by Gasteiger charge is 2.31. The number of methoxy groups -OCH3 is 1. The van der Waals surface area contributed by atoms with Gasteiger partial charge < -0.3 is 15.0 Å². The molecule has 2 heterocycles. The molecule has 2 unspecified atom stereocenters. The van der Waals surface area contributed by atoms with Crippen molar-refractivity contribution >= 4 is 11.3 Å². The summed E-state index contributed by atoms with van der Waals surface area (Å²) < 4.78 is 10.7. The lowest BCUT2D eigenvalue weighted by Gasteiger charge is -2.21. The van der Waals surface area contributed by atoms with Gasteiger partial charge in [-0.05, 0) is 24.8 Å². The van der Waals surface area contributed by atoms with Gasteiger partial charge in [-0.1, -0.05) is 18.1 Å². The highest BCUT2D eigenvalue weighted by atomic mass is 32.1. The quantitative estimate of drug-likeness (QED) is 0.900. The van der Waals surface area contributed by atoms with Gasteiger partial charge in [-0.25, -0.2) is 0 Å². The van der Waals surface area contributed by atoms with Crippen molar-refractivity contribution in [2.24, 2.45) is 5.73 Å². The van der Waals surface area contributed by atoms with Gasteiger partial charge in [0.2, 0.25) is 11.7 Å². The molecule has 0 radical (unpaired) electrons. The van der Waals surface area contributed by atoms with Crippen LogP contribution in [0.1, 0.15) is 42.9 Å². The summed E-state index contributed by atoms with van der Waals surface area (Å²) in [6.45, 7) is 3.94. The van der Waals surface area contributed by atoms with E-state index in [1.807, 2.05) is 31.4 Å². The highest BCUT2D eigenvalue weighted by Crippen LogP contribution is 2.28. The first-order valence-corrected chi connectivity index (χ1v) is 6.67. The number of ether oxygens (including phenoxy) is 1. The van der Waals surface area contributed by atoms with Gasteiger partial charge in [0.05, 0.1) is 0 Å². The molecule has 98 valence electrons. The Balaban J connectivity index is 2.25. The van der Waals surface area contributed by atoms with Crippen LogP contribution in [-0.2, 0) is 10.3 Å². The zero-order valence-corrected chi connectivity index (χ0v) is 11.5. The van der Waals surface area contributed by atoms with Crippen LogP contribution in [0.3, 0.4) is 0 Å². The Kier molecular flexibility index (Phi) is 3.79. The lowest BCUT2D eigenvalue weighted by molar-refractivity contribution is -0.0106. The Bertz CT molecular complexity index is 491. The van der Waals surface area contributed by atoms with Crippen LogP contribution in [0.5, 0.6) is 0 Å². The maximum absolute atomic E-state index is 6.07. The van der Waals surface area contributed by atoms with E-state index in [1.165, 1.54) is 0 Å². The Morgan fingerprint density at radius 2 is 2.39 bits per heavy atom. The molecule has 0 aliphatic carbocycles. The average Bonchev–Trinajstić information content (AvgIpc) is 3.07. The van der Waals surface area contributed by atoms with E-state index in [4.69, 9.17) is 15.0 Å². The number of aromatic nitrogens is 2. The van der Waals surface area contributed by atoms with E-state index in [0.717, 1.165) is 11.3 Å². The van der Waals surface area contributed by atoms with Crippen LogP contribution in [-0.4, -0.2) is 17.3 Å². The molecule has 0 fully saturated rings. The van der Waals surface area contributed by atoms with E-state index in [0.29, 0.717) is 11.7 Å². The molecule has 0 aliphatic rings. The predicted molar refractivity (Wildman–Crippen MR) is 69.3 cm³/mol. The van der Waals surface area contributed by atoms with Crippen molar-refractivity contribution in [2.75, 3.05) is 7.11 Å². The van der Waals surface area contributed by atoms with Crippen LogP contribution in [0.4, 0.5) is 0 Å². The van der Waals surface area contributed by atoms with Crippen molar-refractivity contribution in [1.82, 2.24) is 10.1 Å². The second-order valence-electron chi connectivity index (χ2n) is 4.24. The Labute approximate surface area is 110 Å². The van der Waals surface area contributed by atoms with Crippen molar-refractivity contribution < 1.29 is 9.26 Å². The minimum Gasteiger partial charge on any atom is -0.370 e. The van der Waals surface area contributed by atoms with Crippen LogP contribution >= 0.6 is 11.3 Å². The van der Waals surface area contributed by atoms with Crippen molar-refractivity contribution in [1.29, 1.82) is 0 Å². The predicted octanol–water partition coefficient (Wildman–Crippen LogP) is 2.45. The summed E-state index contributed by atoms with van der Waals surface area (Å²) in [6, 6.07) is 3.53. The van der Waals surface area contributed by atoms with E-state index in [1.54, 1.807) is 18.4 Å². The Morgan fingerprint density at radius 3 is 2.94 bits per heavy atom. The molecule has 18 heavy (non-hydrogen) atoms. The molecule has 0 saturated heterocycles. The third kappa shape index (κ3) is 2.31. The molecular formula is C12H17N3O2S. The van der Waals surface area contributed by atoms with Gasteiger partial charge in [-0.3, -0.25) is 0 Å². The second-order valence-corrected chi connectivity index (χ2v) is 5.22. The van der Waals surface area contributed by atoms with Crippen molar-refractivity contribution in [3.05, 3.63) is 34.1 Å². The number of hydrogen-bond donors (Lipinski definition) is 1. The van der Waals surface area contributed by atoms with Crippen LogP contribution < -0.4 is 5.73 Å². The van der Waals surface area contributed by atoms with Gasteiger partial charge in [0.15, 0.2) is 0 Å². The minimum atomic E-state index is -0.531. The molecule has 5 nitrogen and oxygen atoms in total. The first-order valence-electron chi connectivity index (χ1n) is 5.79. The van der Waals surface area contributed by atoms with Gasteiger partial charge in [-0.15, -0.1) is 11.3 Å². The van der Waals surface area contributed by atoms with Crippen molar-refractivity contribution in [3.8, 4) is 0 Å². The fourth-order valence-corrected chi connectivity index (χ4v) is 2.28. The molecular weight excluding hydrogens is 250 g/mol. The molecule has 2 rings (SSSR count). The SMILES string of the molecule is CCC(C)(OC)c1noc(C(N)c2cccs2)n1. The van der Waals surface area contributed by atoms with Crippen LogP contribution in [0.15, 0.2) is 22.0 Å². The maximum atomic E-state index is 6.07. The Hall–Kier alpha value is -1.24. The van der Waals surface area contributed by atoms with Crippen LogP contribution in [0.2, 0.25) is 0 Å².